The molecule has 1 fully saturated rings. The van der Waals surface area contributed by atoms with Crippen LogP contribution < -0.4 is 0 Å². The van der Waals surface area contributed by atoms with E-state index in [1.807, 2.05) is 0 Å². The molecule has 5 atom stereocenters. The zero-order valence-electron chi connectivity index (χ0n) is 6.79. The van der Waals surface area contributed by atoms with Crippen molar-refractivity contribution in [1.29, 1.82) is 0 Å². The summed E-state index contributed by atoms with van der Waals surface area (Å²) in [5.74, 6) is 0. The van der Waals surface area contributed by atoms with Crippen LogP contribution in [0.25, 0.3) is 0 Å². The van der Waals surface area contributed by atoms with Gasteiger partial charge in [-0.2, -0.15) is 0 Å². The van der Waals surface area contributed by atoms with Crippen LogP contribution >= 0.6 is 0 Å². The molecule has 0 aromatic heterocycles. The summed E-state index contributed by atoms with van der Waals surface area (Å²) in [7, 11) is 0. The highest BCUT2D eigenvalue weighted by Gasteiger charge is 2.41. The maximum Gasteiger partial charge on any atom is 0.183 e. The summed E-state index contributed by atoms with van der Waals surface area (Å²) in [6.07, 6.45) is -5.44. The molecule has 0 aromatic rings. The first kappa shape index (κ1) is 9.88. The van der Waals surface area contributed by atoms with Crippen LogP contribution in [0.5, 0.6) is 0 Å². The molecule has 1 rings (SSSR count). The molecule has 0 aromatic carbocycles. The zero-order chi connectivity index (χ0) is 9.30. The number of hydrogen-bond donors (Lipinski definition) is 4. The van der Waals surface area contributed by atoms with Crippen molar-refractivity contribution in [2.24, 2.45) is 0 Å². The third-order valence-corrected chi connectivity index (χ3v) is 2.09. The Balaban J connectivity index is 2.63. The van der Waals surface area contributed by atoms with Crippen molar-refractivity contribution >= 4 is 0 Å². The summed E-state index contributed by atoms with van der Waals surface area (Å²) < 4.78 is 4.83. The molecule has 0 bridgehead atoms. The first-order chi connectivity index (χ1) is 5.57. The summed E-state index contributed by atoms with van der Waals surface area (Å²) in [4.78, 5) is 0. The van der Waals surface area contributed by atoms with Gasteiger partial charge in [0.05, 0.1) is 6.10 Å². The summed E-state index contributed by atoms with van der Waals surface area (Å²) in [6.45, 7) is 1.75. The fourth-order valence-corrected chi connectivity index (χ4v) is 1.27. The van der Waals surface area contributed by atoms with Crippen LogP contribution in [0.3, 0.4) is 0 Å². The van der Waals surface area contributed by atoms with Gasteiger partial charge < -0.3 is 25.2 Å². The number of aliphatic hydroxyl groups excluding tert-OH is 4. The molecule has 0 radical (unpaired) electrons. The first-order valence-corrected chi connectivity index (χ1v) is 3.95. The fourth-order valence-electron chi connectivity index (χ4n) is 1.27. The number of hydrogen-bond acceptors (Lipinski definition) is 5. The van der Waals surface area contributed by atoms with Gasteiger partial charge in [0.1, 0.15) is 18.3 Å². The molecular formula is C7H14O5. The van der Waals surface area contributed by atoms with Crippen molar-refractivity contribution < 1.29 is 25.2 Å². The molecule has 5 unspecified atom stereocenters. The number of ether oxygens (including phenoxy) is 1. The highest BCUT2D eigenvalue weighted by Crippen LogP contribution is 2.21. The molecular weight excluding hydrogens is 164 g/mol. The summed E-state index contributed by atoms with van der Waals surface area (Å²) in [5.41, 5.74) is 0. The van der Waals surface area contributed by atoms with E-state index in [0.717, 1.165) is 0 Å². The van der Waals surface area contributed by atoms with E-state index in [0.29, 0.717) is 6.42 Å². The van der Waals surface area contributed by atoms with Crippen molar-refractivity contribution in [1.82, 2.24) is 0 Å². The van der Waals surface area contributed by atoms with Crippen LogP contribution in [0.4, 0.5) is 0 Å². The largest absolute Gasteiger partial charge is 0.388 e. The van der Waals surface area contributed by atoms with Crippen molar-refractivity contribution in [2.45, 2.75) is 44.1 Å². The second kappa shape index (κ2) is 3.68. The summed E-state index contributed by atoms with van der Waals surface area (Å²) >= 11 is 0. The Hall–Kier alpha value is -0.200. The quantitative estimate of drug-likeness (QED) is 0.380. The number of rotatable bonds is 1. The van der Waals surface area contributed by atoms with E-state index in [-0.39, 0.29) is 0 Å². The topological polar surface area (TPSA) is 90.2 Å². The van der Waals surface area contributed by atoms with Crippen molar-refractivity contribution in [3.63, 3.8) is 0 Å². The van der Waals surface area contributed by atoms with Gasteiger partial charge in [0.15, 0.2) is 6.29 Å². The fraction of sp³-hybridized carbons (Fsp3) is 1.00. The Morgan fingerprint density at radius 3 is 2.08 bits per heavy atom. The molecule has 1 saturated heterocycles. The normalized spacial score (nSPS) is 49.2. The minimum atomic E-state index is -1.43. The van der Waals surface area contributed by atoms with Gasteiger partial charge in [-0.3, -0.25) is 0 Å². The molecule has 12 heavy (non-hydrogen) atoms. The van der Waals surface area contributed by atoms with E-state index >= 15 is 0 Å². The van der Waals surface area contributed by atoms with Crippen molar-refractivity contribution in [3.05, 3.63) is 0 Å². The van der Waals surface area contributed by atoms with Crippen LogP contribution in [0, 0.1) is 0 Å². The smallest absolute Gasteiger partial charge is 0.183 e. The lowest BCUT2D eigenvalue weighted by Gasteiger charge is -2.37. The third kappa shape index (κ3) is 1.60. The van der Waals surface area contributed by atoms with Gasteiger partial charge in [0.2, 0.25) is 0 Å². The van der Waals surface area contributed by atoms with Gasteiger partial charge in [-0.25, -0.2) is 0 Å². The Kier molecular flexibility index (Phi) is 3.03. The van der Waals surface area contributed by atoms with Crippen LogP contribution in [0.15, 0.2) is 0 Å². The first-order valence-electron chi connectivity index (χ1n) is 3.95. The van der Waals surface area contributed by atoms with Gasteiger partial charge in [-0.1, -0.05) is 6.92 Å². The van der Waals surface area contributed by atoms with E-state index in [2.05, 4.69) is 0 Å². The molecule has 0 saturated carbocycles. The minimum absolute atomic E-state index is 0.474. The van der Waals surface area contributed by atoms with E-state index in [1.54, 1.807) is 6.92 Å². The van der Waals surface area contributed by atoms with Gasteiger partial charge in [-0.15, -0.1) is 0 Å². The lowest BCUT2D eigenvalue weighted by Crippen LogP contribution is -2.57. The van der Waals surface area contributed by atoms with Crippen molar-refractivity contribution in [2.75, 3.05) is 0 Å². The lowest BCUT2D eigenvalue weighted by atomic mass is 9.97. The maximum atomic E-state index is 9.28. The molecule has 0 aliphatic carbocycles. The Labute approximate surface area is 70.2 Å². The molecule has 1 heterocycles. The molecule has 0 amide bonds. The summed E-state index contributed by atoms with van der Waals surface area (Å²) in [6, 6.07) is 0. The van der Waals surface area contributed by atoms with E-state index in [9.17, 15) is 10.2 Å². The minimum Gasteiger partial charge on any atom is -0.388 e. The Morgan fingerprint density at radius 2 is 1.58 bits per heavy atom. The molecule has 1 aliphatic rings. The molecule has 5 nitrogen and oxygen atoms in total. The van der Waals surface area contributed by atoms with Crippen LogP contribution in [0.2, 0.25) is 0 Å². The Morgan fingerprint density at radius 1 is 1.00 bits per heavy atom. The van der Waals surface area contributed by atoms with E-state index < -0.39 is 30.7 Å². The predicted octanol–water partition coefficient (Wildman–Crippen LogP) is -1.80. The van der Waals surface area contributed by atoms with Gasteiger partial charge in [0.25, 0.3) is 0 Å². The van der Waals surface area contributed by atoms with E-state index in [4.69, 9.17) is 14.9 Å². The van der Waals surface area contributed by atoms with Crippen LogP contribution in [-0.4, -0.2) is 51.1 Å². The van der Waals surface area contributed by atoms with Crippen molar-refractivity contribution in [3.8, 4) is 0 Å². The number of aliphatic hydroxyl groups is 4. The maximum absolute atomic E-state index is 9.28. The second-order valence-corrected chi connectivity index (χ2v) is 2.95. The van der Waals surface area contributed by atoms with Gasteiger partial charge in [-0.05, 0) is 6.42 Å². The van der Waals surface area contributed by atoms with Gasteiger partial charge >= 0.3 is 0 Å². The van der Waals surface area contributed by atoms with E-state index in [1.165, 1.54) is 0 Å². The molecule has 5 heteroatoms. The average Bonchev–Trinajstić information content (AvgIpc) is 2.08. The molecule has 72 valence electrons. The highest BCUT2D eigenvalue weighted by atomic mass is 16.6. The third-order valence-electron chi connectivity index (χ3n) is 2.09. The average molecular weight is 178 g/mol. The Bertz CT molecular complexity index is 146. The summed E-state index contributed by atoms with van der Waals surface area (Å²) in [5, 5.41) is 36.5. The monoisotopic (exact) mass is 178 g/mol. The van der Waals surface area contributed by atoms with Crippen LogP contribution in [0.1, 0.15) is 13.3 Å². The second-order valence-electron chi connectivity index (χ2n) is 2.95. The molecule has 4 N–H and O–H groups in total. The predicted molar refractivity (Wildman–Crippen MR) is 39.2 cm³/mol. The molecule has 0 spiro atoms. The zero-order valence-corrected chi connectivity index (χ0v) is 6.79. The van der Waals surface area contributed by atoms with Crippen LogP contribution in [-0.2, 0) is 4.74 Å². The lowest BCUT2D eigenvalue weighted by molar-refractivity contribution is -0.281. The highest BCUT2D eigenvalue weighted by molar-refractivity contribution is 4.87. The molecule has 1 aliphatic heterocycles. The SMILES string of the molecule is CCC1OC(O)C(O)C(O)C1O. The van der Waals surface area contributed by atoms with Gasteiger partial charge in [0, 0.05) is 0 Å². The standard InChI is InChI=1S/C7H14O5/c1-2-3-4(8)5(9)6(10)7(11)12-3/h3-11H,2H2,1H3.